The van der Waals surface area contributed by atoms with E-state index in [2.05, 4.69) is 5.32 Å². The predicted octanol–water partition coefficient (Wildman–Crippen LogP) is 4.00. The van der Waals surface area contributed by atoms with Gasteiger partial charge in [-0.2, -0.15) is 0 Å². The molecular formula is C21H27NO4S. The Hall–Kier alpha value is -2.18. The van der Waals surface area contributed by atoms with Gasteiger partial charge in [-0.3, -0.25) is 4.79 Å². The van der Waals surface area contributed by atoms with E-state index in [9.17, 15) is 13.2 Å². The molecule has 0 unspecified atom stereocenters. The molecule has 2 rings (SSSR count). The highest BCUT2D eigenvalue weighted by Gasteiger charge is 2.28. The topological polar surface area (TPSA) is 72.5 Å². The molecule has 0 saturated heterocycles. The Morgan fingerprint density at radius 2 is 1.78 bits per heavy atom. The zero-order valence-electron chi connectivity index (χ0n) is 16.5. The van der Waals surface area contributed by atoms with Crippen LogP contribution in [0.15, 0.2) is 47.4 Å². The van der Waals surface area contributed by atoms with E-state index in [0.29, 0.717) is 17.9 Å². The second-order valence-electron chi connectivity index (χ2n) is 7.64. The lowest BCUT2D eigenvalue weighted by Gasteiger charge is -2.23. The van der Waals surface area contributed by atoms with Crippen molar-refractivity contribution in [1.29, 1.82) is 0 Å². The van der Waals surface area contributed by atoms with Crippen molar-refractivity contribution in [3.05, 3.63) is 59.2 Å². The van der Waals surface area contributed by atoms with Crippen LogP contribution in [0.25, 0.3) is 0 Å². The number of aryl methyl sites for hydroxylation is 2. The minimum absolute atomic E-state index is 0.0595. The fourth-order valence-electron chi connectivity index (χ4n) is 2.88. The van der Waals surface area contributed by atoms with Crippen LogP contribution in [-0.2, 0) is 14.6 Å². The third-order valence-corrected chi connectivity index (χ3v) is 6.47. The first kappa shape index (κ1) is 21.1. The number of carbonyl (C=O) groups excluding carboxylic acids is 1. The van der Waals surface area contributed by atoms with E-state index in [0.717, 1.165) is 11.1 Å². The first-order valence-electron chi connectivity index (χ1n) is 8.74. The van der Waals surface area contributed by atoms with Crippen molar-refractivity contribution < 1.29 is 17.9 Å². The number of sulfone groups is 1. The van der Waals surface area contributed by atoms with E-state index in [1.807, 2.05) is 45.9 Å². The molecule has 0 saturated carbocycles. The maximum Gasteiger partial charge on any atom is 0.255 e. The Morgan fingerprint density at radius 3 is 2.41 bits per heavy atom. The lowest BCUT2D eigenvalue weighted by Crippen LogP contribution is -2.28. The van der Waals surface area contributed by atoms with Gasteiger partial charge >= 0.3 is 0 Å². The standard InChI is InChI=1S/C21H27NO4S/c1-15-9-10-18(11-16(15)2)22-20(23)17-7-6-8-19(12-17)27(24,25)14-21(3,4)13-26-5/h6-12H,13-14H2,1-5H3,(H,22,23). The maximum absolute atomic E-state index is 12.8. The molecule has 1 N–H and O–H groups in total. The Kier molecular flexibility index (Phi) is 6.44. The van der Waals surface area contributed by atoms with E-state index in [1.54, 1.807) is 19.2 Å². The van der Waals surface area contributed by atoms with Gasteiger partial charge in [-0.15, -0.1) is 0 Å². The summed E-state index contributed by atoms with van der Waals surface area (Å²) in [6.45, 7) is 7.98. The molecule has 2 aromatic carbocycles. The van der Waals surface area contributed by atoms with Crippen LogP contribution in [0.3, 0.4) is 0 Å². The van der Waals surface area contributed by atoms with Gasteiger partial charge < -0.3 is 10.1 Å². The summed E-state index contributed by atoms with van der Waals surface area (Å²) < 4.78 is 30.6. The lowest BCUT2D eigenvalue weighted by atomic mass is 9.98. The third kappa shape index (κ3) is 5.65. The molecule has 0 heterocycles. The number of anilines is 1. The van der Waals surface area contributed by atoms with Crippen LogP contribution in [0, 0.1) is 19.3 Å². The first-order valence-corrected chi connectivity index (χ1v) is 10.4. The summed E-state index contributed by atoms with van der Waals surface area (Å²) in [5.74, 6) is -0.401. The van der Waals surface area contributed by atoms with Gasteiger partial charge in [0.2, 0.25) is 0 Å². The van der Waals surface area contributed by atoms with E-state index in [4.69, 9.17) is 4.74 Å². The molecule has 0 aromatic heterocycles. The van der Waals surface area contributed by atoms with E-state index < -0.39 is 15.3 Å². The smallest absolute Gasteiger partial charge is 0.255 e. The number of nitrogens with one attached hydrogen (secondary N) is 1. The molecule has 2 aromatic rings. The minimum Gasteiger partial charge on any atom is -0.384 e. The van der Waals surface area contributed by atoms with Crippen molar-refractivity contribution in [2.24, 2.45) is 5.41 Å². The quantitative estimate of drug-likeness (QED) is 0.777. The molecule has 0 bridgehead atoms. The zero-order chi connectivity index (χ0) is 20.2. The predicted molar refractivity (Wildman–Crippen MR) is 108 cm³/mol. The van der Waals surface area contributed by atoms with Crippen LogP contribution in [0.2, 0.25) is 0 Å². The van der Waals surface area contributed by atoms with Crippen LogP contribution in [0.1, 0.15) is 35.3 Å². The molecule has 0 aliphatic rings. The van der Waals surface area contributed by atoms with Crippen molar-refractivity contribution in [1.82, 2.24) is 0 Å². The highest BCUT2D eigenvalue weighted by molar-refractivity contribution is 7.91. The molecule has 0 radical (unpaired) electrons. The zero-order valence-corrected chi connectivity index (χ0v) is 17.3. The lowest BCUT2D eigenvalue weighted by molar-refractivity contribution is 0.102. The van der Waals surface area contributed by atoms with Crippen LogP contribution >= 0.6 is 0 Å². The van der Waals surface area contributed by atoms with Gasteiger partial charge in [0, 0.05) is 23.8 Å². The van der Waals surface area contributed by atoms with Crippen molar-refractivity contribution in [2.75, 3.05) is 24.8 Å². The monoisotopic (exact) mass is 389 g/mol. The summed E-state index contributed by atoms with van der Waals surface area (Å²) in [4.78, 5) is 12.7. The molecule has 0 fully saturated rings. The van der Waals surface area contributed by atoms with Gasteiger partial charge in [0.1, 0.15) is 0 Å². The number of carbonyl (C=O) groups is 1. The number of benzene rings is 2. The van der Waals surface area contributed by atoms with E-state index >= 15 is 0 Å². The fourth-order valence-corrected chi connectivity index (χ4v) is 4.75. The van der Waals surface area contributed by atoms with Crippen molar-refractivity contribution in [3.63, 3.8) is 0 Å². The summed E-state index contributed by atoms with van der Waals surface area (Å²) in [5.41, 5.74) is 2.67. The van der Waals surface area contributed by atoms with Crippen LogP contribution in [0.4, 0.5) is 5.69 Å². The van der Waals surface area contributed by atoms with E-state index in [1.165, 1.54) is 12.1 Å². The molecule has 27 heavy (non-hydrogen) atoms. The third-order valence-electron chi connectivity index (χ3n) is 4.34. The fraction of sp³-hybridized carbons (Fsp3) is 0.381. The highest BCUT2D eigenvalue weighted by atomic mass is 32.2. The number of ether oxygens (including phenoxy) is 1. The molecule has 0 aliphatic heterocycles. The summed E-state index contributed by atoms with van der Waals surface area (Å²) >= 11 is 0. The summed E-state index contributed by atoms with van der Waals surface area (Å²) in [7, 11) is -1.99. The SMILES string of the molecule is COCC(C)(C)CS(=O)(=O)c1cccc(C(=O)Nc2ccc(C)c(C)c2)c1. The van der Waals surface area contributed by atoms with E-state index in [-0.39, 0.29) is 16.6 Å². The van der Waals surface area contributed by atoms with Gasteiger partial charge in [0.25, 0.3) is 5.91 Å². The van der Waals surface area contributed by atoms with Gasteiger partial charge in [-0.1, -0.05) is 26.0 Å². The molecular weight excluding hydrogens is 362 g/mol. The van der Waals surface area contributed by atoms with Gasteiger partial charge in [0.05, 0.1) is 17.3 Å². The largest absolute Gasteiger partial charge is 0.384 e. The second kappa shape index (κ2) is 8.23. The van der Waals surface area contributed by atoms with Crippen LogP contribution in [0.5, 0.6) is 0 Å². The summed E-state index contributed by atoms with van der Waals surface area (Å²) in [5, 5.41) is 2.82. The van der Waals surface area contributed by atoms with Crippen molar-refractivity contribution in [3.8, 4) is 0 Å². The average Bonchev–Trinajstić information content (AvgIpc) is 2.57. The normalized spacial score (nSPS) is 12.0. The molecule has 5 nitrogen and oxygen atoms in total. The van der Waals surface area contributed by atoms with Gasteiger partial charge in [-0.05, 0) is 55.3 Å². The Morgan fingerprint density at radius 1 is 1.07 bits per heavy atom. The van der Waals surface area contributed by atoms with Gasteiger partial charge in [-0.25, -0.2) is 8.42 Å². The Bertz CT molecular complexity index is 933. The van der Waals surface area contributed by atoms with Crippen LogP contribution < -0.4 is 5.32 Å². The first-order chi connectivity index (χ1) is 12.5. The number of rotatable bonds is 7. The van der Waals surface area contributed by atoms with Crippen LogP contribution in [-0.4, -0.2) is 33.8 Å². The molecule has 0 spiro atoms. The second-order valence-corrected chi connectivity index (χ2v) is 9.63. The number of hydrogen-bond donors (Lipinski definition) is 1. The molecule has 6 heteroatoms. The van der Waals surface area contributed by atoms with Crippen molar-refractivity contribution >= 4 is 21.4 Å². The Balaban J connectivity index is 2.23. The molecule has 0 aliphatic carbocycles. The molecule has 1 amide bonds. The van der Waals surface area contributed by atoms with Gasteiger partial charge in [0.15, 0.2) is 9.84 Å². The molecule has 0 atom stereocenters. The summed E-state index contributed by atoms with van der Waals surface area (Å²) in [6, 6.07) is 11.8. The maximum atomic E-state index is 12.8. The minimum atomic E-state index is -3.54. The highest BCUT2D eigenvalue weighted by Crippen LogP contribution is 2.24. The van der Waals surface area contributed by atoms with Crippen molar-refractivity contribution in [2.45, 2.75) is 32.6 Å². The summed E-state index contributed by atoms with van der Waals surface area (Å²) in [6.07, 6.45) is 0. The number of hydrogen-bond acceptors (Lipinski definition) is 4. The number of methoxy groups -OCH3 is 1. The average molecular weight is 390 g/mol. The molecule has 146 valence electrons. The Labute approximate surface area is 161 Å². The number of amides is 1.